The van der Waals surface area contributed by atoms with E-state index in [9.17, 15) is 13.2 Å². The van der Waals surface area contributed by atoms with Crippen LogP contribution in [0.1, 0.15) is 6.92 Å². The molecule has 0 spiro atoms. The molecule has 1 unspecified atom stereocenters. The van der Waals surface area contributed by atoms with Crippen LogP contribution in [0.5, 0.6) is 0 Å². The van der Waals surface area contributed by atoms with E-state index in [1.165, 1.54) is 0 Å². The number of nitrogens with one attached hydrogen (secondary N) is 2. The van der Waals surface area contributed by atoms with Crippen molar-refractivity contribution in [3.8, 4) is 0 Å². The van der Waals surface area contributed by atoms with E-state index in [1.807, 2.05) is 9.62 Å². The summed E-state index contributed by atoms with van der Waals surface area (Å²) in [6, 6.07) is 6.30. The number of anilines is 2. The van der Waals surface area contributed by atoms with Gasteiger partial charge in [-0.25, -0.2) is 0 Å². The fourth-order valence-electron chi connectivity index (χ4n) is 2.25. The minimum absolute atomic E-state index is 0.0809. The summed E-state index contributed by atoms with van der Waals surface area (Å²) in [6.07, 6.45) is 0. The molecule has 1 heterocycles. The van der Waals surface area contributed by atoms with Gasteiger partial charge in [0.05, 0.1) is 11.7 Å². The van der Waals surface area contributed by atoms with Crippen LogP contribution in [-0.2, 0) is 15.1 Å². The molecule has 0 saturated carbocycles. The van der Waals surface area contributed by atoms with Crippen LogP contribution < -0.4 is 14.9 Å². The van der Waals surface area contributed by atoms with E-state index in [0.29, 0.717) is 13.1 Å². The van der Waals surface area contributed by atoms with Crippen molar-refractivity contribution in [3.63, 3.8) is 0 Å². The van der Waals surface area contributed by atoms with Crippen LogP contribution in [-0.4, -0.2) is 44.4 Å². The first-order valence-electron chi connectivity index (χ1n) is 6.20. The number of rotatable bonds is 4. The van der Waals surface area contributed by atoms with Crippen molar-refractivity contribution in [1.82, 2.24) is 5.32 Å². The molecule has 0 aromatic heterocycles. The molecule has 1 aliphatic heterocycles. The monoisotopic (exact) mass is 299 g/mol. The molecule has 0 radical (unpaired) electrons. The maximum Gasteiger partial charge on any atom is 0.357 e. The normalized spacial score (nSPS) is 19.7. The first kappa shape index (κ1) is 14.8. The first-order valence-corrected chi connectivity index (χ1v) is 7.64. The second-order valence-corrected chi connectivity index (χ2v) is 5.80. The Balaban J connectivity index is 2.18. The van der Waals surface area contributed by atoms with Crippen molar-refractivity contribution < 1.29 is 17.8 Å². The van der Waals surface area contributed by atoms with Gasteiger partial charge in [0.2, 0.25) is 0 Å². The lowest BCUT2D eigenvalue weighted by Crippen LogP contribution is -2.54. The lowest BCUT2D eigenvalue weighted by Gasteiger charge is -2.36. The van der Waals surface area contributed by atoms with Gasteiger partial charge in [-0.15, -0.1) is 0 Å². The molecule has 1 saturated heterocycles. The number of hydrogen-bond acceptors (Lipinski definition) is 5. The van der Waals surface area contributed by atoms with Gasteiger partial charge in [-0.2, -0.15) is 8.42 Å². The predicted octanol–water partition coefficient (Wildman–Crippen LogP) is 0.269. The smallest absolute Gasteiger partial charge is 0.357 e. The van der Waals surface area contributed by atoms with Crippen molar-refractivity contribution in [3.05, 3.63) is 24.3 Å². The van der Waals surface area contributed by atoms with Crippen LogP contribution in [0, 0.1) is 0 Å². The number of nitrogens with zero attached hydrogens (tertiary/aromatic N) is 1. The maximum absolute atomic E-state index is 11.6. The zero-order chi connectivity index (χ0) is 14.8. The van der Waals surface area contributed by atoms with Crippen molar-refractivity contribution >= 4 is 27.5 Å². The van der Waals surface area contributed by atoms with Crippen molar-refractivity contribution in [2.24, 2.45) is 0 Å². The largest absolute Gasteiger partial charge is 0.359 e. The number of benzene rings is 1. The van der Waals surface area contributed by atoms with Crippen molar-refractivity contribution in [1.29, 1.82) is 0 Å². The molecule has 1 aromatic rings. The Bertz CT molecular complexity index is 585. The molecule has 1 atom stereocenters. The topological polar surface area (TPSA) is 98.7 Å². The lowest BCUT2D eigenvalue weighted by atomic mass is 10.1. The Labute approximate surface area is 117 Å². The van der Waals surface area contributed by atoms with Gasteiger partial charge in [0.15, 0.2) is 5.78 Å². The van der Waals surface area contributed by atoms with Gasteiger partial charge in [-0.05, 0) is 31.2 Å². The standard InChI is InChI=1S/C12H17N3O4S/c1-9(16)12-8-13-6-7-15(12)11-4-2-10(3-5-11)14-20(17,18)19/h2-5,12-14H,6-8H2,1H3,(H,17,18,19). The average molecular weight is 299 g/mol. The van der Waals surface area contributed by atoms with E-state index in [1.54, 1.807) is 31.2 Å². The average Bonchev–Trinajstić information content (AvgIpc) is 2.38. The highest BCUT2D eigenvalue weighted by Gasteiger charge is 2.25. The van der Waals surface area contributed by atoms with E-state index in [4.69, 9.17) is 4.55 Å². The number of piperazine rings is 1. The number of hydrogen-bond donors (Lipinski definition) is 3. The Morgan fingerprint density at radius 2 is 2.05 bits per heavy atom. The number of ketones is 1. The SMILES string of the molecule is CC(=O)C1CNCCN1c1ccc(NS(=O)(=O)O)cc1. The van der Waals surface area contributed by atoms with Crippen LogP contribution in [0.15, 0.2) is 24.3 Å². The molecule has 110 valence electrons. The Morgan fingerprint density at radius 1 is 1.40 bits per heavy atom. The third-order valence-corrected chi connectivity index (χ3v) is 3.65. The summed E-state index contributed by atoms with van der Waals surface area (Å²) >= 11 is 0. The molecule has 0 amide bonds. The molecule has 7 nitrogen and oxygen atoms in total. The number of Topliss-reactive ketones (excluding diaryl/α,β-unsaturated/α-hetero) is 1. The molecule has 8 heteroatoms. The van der Waals surface area contributed by atoms with Crippen LogP contribution in [0.4, 0.5) is 11.4 Å². The van der Waals surface area contributed by atoms with Crippen molar-refractivity contribution in [2.45, 2.75) is 13.0 Å². The fourth-order valence-corrected chi connectivity index (χ4v) is 2.68. The van der Waals surface area contributed by atoms with E-state index >= 15 is 0 Å². The summed E-state index contributed by atoms with van der Waals surface area (Å²) in [5.74, 6) is 0.0809. The highest BCUT2D eigenvalue weighted by atomic mass is 32.2. The molecule has 3 N–H and O–H groups in total. The van der Waals surface area contributed by atoms with E-state index in [-0.39, 0.29) is 17.5 Å². The van der Waals surface area contributed by atoms with Crippen LogP contribution in [0.25, 0.3) is 0 Å². The van der Waals surface area contributed by atoms with Gasteiger partial charge in [0, 0.05) is 25.3 Å². The van der Waals surface area contributed by atoms with E-state index < -0.39 is 10.3 Å². The first-order chi connectivity index (χ1) is 9.37. The van der Waals surface area contributed by atoms with Crippen LogP contribution in [0.3, 0.4) is 0 Å². The van der Waals surface area contributed by atoms with Gasteiger partial charge in [-0.3, -0.25) is 14.1 Å². The minimum atomic E-state index is -4.27. The molecule has 20 heavy (non-hydrogen) atoms. The molecular formula is C12H17N3O4S. The molecule has 0 bridgehead atoms. The predicted molar refractivity (Wildman–Crippen MR) is 76.3 cm³/mol. The van der Waals surface area contributed by atoms with Gasteiger partial charge >= 0.3 is 10.3 Å². The maximum atomic E-state index is 11.6. The minimum Gasteiger partial charge on any atom is -0.359 e. The molecule has 1 fully saturated rings. The molecule has 2 rings (SSSR count). The van der Waals surface area contributed by atoms with E-state index in [0.717, 1.165) is 12.2 Å². The summed E-state index contributed by atoms with van der Waals surface area (Å²) in [4.78, 5) is 13.6. The Hall–Kier alpha value is -1.64. The summed E-state index contributed by atoms with van der Waals surface area (Å²) in [5, 5.41) is 3.17. The molecule has 1 aromatic carbocycles. The van der Waals surface area contributed by atoms with E-state index in [2.05, 4.69) is 5.32 Å². The van der Waals surface area contributed by atoms with Crippen molar-refractivity contribution in [2.75, 3.05) is 29.3 Å². The fraction of sp³-hybridized carbons (Fsp3) is 0.417. The Kier molecular flexibility index (Phi) is 4.26. The molecular weight excluding hydrogens is 282 g/mol. The van der Waals surface area contributed by atoms with Gasteiger partial charge < -0.3 is 10.2 Å². The third kappa shape index (κ3) is 3.69. The highest BCUT2D eigenvalue weighted by molar-refractivity contribution is 7.87. The quantitative estimate of drug-likeness (QED) is 0.690. The molecule has 0 aliphatic carbocycles. The van der Waals surface area contributed by atoms with Crippen LogP contribution in [0.2, 0.25) is 0 Å². The summed E-state index contributed by atoms with van der Waals surface area (Å²) < 4.78 is 32.1. The van der Waals surface area contributed by atoms with Gasteiger partial charge in [0.25, 0.3) is 0 Å². The summed E-state index contributed by atoms with van der Waals surface area (Å²) in [6.45, 7) is 3.64. The second kappa shape index (κ2) is 5.78. The zero-order valence-corrected chi connectivity index (χ0v) is 11.9. The number of carbonyl (C=O) groups excluding carboxylic acids is 1. The molecule has 1 aliphatic rings. The van der Waals surface area contributed by atoms with Crippen LogP contribution >= 0.6 is 0 Å². The van der Waals surface area contributed by atoms with Gasteiger partial charge in [0.1, 0.15) is 0 Å². The summed E-state index contributed by atoms with van der Waals surface area (Å²) in [5.41, 5.74) is 1.11. The number of carbonyl (C=O) groups is 1. The third-order valence-electron chi connectivity index (χ3n) is 3.16. The second-order valence-electron chi connectivity index (χ2n) is 4.65. The Morgan fingerprint density at radius 3 is 2.60 bits per heavy atom. The van der Waals surface area contributed by atoms with Gasteiger partial charge in [-0.1, -0.05) is 0 Å². The summed E-state index contributed by atoms with van der Waals surface area (Å²) in [7, 11) is -4.27. The zero-order valence-electron chi connectivity index (χ0n) is 11.0. The lowest BCUT2D eigenvalue weighted by molar-refractivity contribution is -0.118. The highest BCUT2D eigenvalue weighted by Crippen LogP contribution is 2.21.